The summed E-state index contributed by atoms with van der Waals surface area (Å²) >= 11 is 2.16. The largest absolute Gasteiger partial charge is 0.409 e. The first-order valence-corrected chi connectivity index (χ1v) is 7.05. The van der Waals surface area contributed by atoms with Crippen LogP contribution < -0.4 is 10.6 Å². The molecule has 1 aromatic heterocycles. The molecule has 1 heterocycles. The maximum Gasteiger partial charge on any atom is 0.229 e. The molecule has 0 aliphatic carbocycles. The zero-order valence-electron chi connectivity index (χ0n) is 10.6. The Morgan fingerprint density at radius 1 is 1.25 bits per heavy atom. The van der Waals surface area contributed by atoms with Crippen LogP contribution in [-0.4, -0.2) is 27.6 Å². The van der Waals surface area contributed by atoms with E-state index in [0.29, 0.717) is 18.9 Å². The molecule has 0 aliphatic rings. The van der Waals surface area contributed by atoms with E-state index < -0.39 is 0 Å². The highest BCUT2D eigenvalue weighted by Crippen LogP contribution is 2.21. The van der Waals surface area contributed by atoms with E-state index in [1.807, 2.05) is 35.2 Å². The van der Waals surface area contributed by atoms with Crippen molar-refractivity contribution in [3.8, 4) is 0 Å². The van der Waals surface area contributed by atoms with Crippen LogP contribution in [0.25, 0.3) is 0 Å². The summed E-state index contributed by atoms with van der Waals surface area (Å²) in [5.74, 6) is 0.763. The molecule has 104 valence electrons. The number of oxime groups is 1. The summed E-state index contributed by atoms with van der Waals surface area (Å²) in [4.78, 5) is 10.6. The van der Waals surface area contributed by atoms with Crippen molar-refractivity contribution in [3.05, 3.63) is 46.3 Å². The summed E-state index contributed by atoms with van der Waals surface area (Å²) in [6.45, 7) is 0.528. The van der Waals surface area contributed by atoms with Crippen molar-refractivity contribution in [2.24, 2.45) is 10.9 Å². The smallest absolute Gasteiger partial charge is 0.229 e. The lowest BCUT2D eigenvalue weighted by Crippen LogP contribution is -2.25. The first-order valence-electron chi connectivity index (χ1n) is 5.97. The maximum atomic E-state index is 8.64. The fourth-order valence-electron chi connectivity index (χ4n) is 1.67. The van der Waals surface area contributed by atoms with E-state index >= 15 is 0 Å². The number of nitrogens with zero attached hydrogens (tertiary/aromatic N) is 4. The van der Waals surface area contributed by atoms with Gasteiger partial charge in [-0.1, -0.05) is 23.4 Å². The summed E-state index contributed by atoms with van der Waals surface area (Å²) in [6, 6.07) is 9.76. The third kappa shape index (κ3) is 3.80. The minimum Gasteiger partial charge on any atom is -0.409 e. The van der Waals surface area contributed by atoms with Gasteiger partial charge in [0, 0.05) is 34.6 Å². The topological polar surface area (TPSA) is 87.6 Å². The van der Waals surface area contributed by atoms with Crippen molar-refractivity contribution in [1.82, 2.24) is 9.97 Å². The third-order valence-corrected chi connectivity index (χ3v) is 3.19. The molecule has 7 heteroatoms. The van der Waals surface area contributed by atoms with Crippen LogP contribution in [0.5, 0.6) is 0 Å². The lowest BCUT2D eigenvalue weighted by atomic mass is 10.2. The molecule has 2 aromatic rings. The van der Waals surface area contributed by atoms with Crippen LogP contribution >= 0.6 is 22.6 Å². The van der Waals surface area contributed by atoms with Gasteiger partial charge in [0.1, 0.15) is 5.84 Å². The molecule has 6 nitrogen and oxygen atoms in total. The fourth-order valence-corrected chi connectivity index (χ4v) is 1.95. The molecule has 0 amide bonds. The van der Waals surface area contributed by atoms with Crippen molar-refractivity contribution in [2.45, 2.75) is 6.42 Å². The summed E-state index contributed by atoms with van der Waals surface area (Å²) in [5.41, 5.74) is 6.49. The molecule has 1 aromatic carbocycles. The second-order valence-electron chi connectivity index (χ2n) is 4.03. The molecule has 0 saturated carbocycles. The van der Waals surface area contributed by atoms with E-state index in [4.69, 9.17) is 10.9 Å². The number of benzene rings is 1. The van der Waals surface area contributed by atoms with Gasteiger partial charge < -0.3 is 15.8 Å². The Morgan fingerprint density at radius 2 is 1.90 bits per heavy atom. The molecule has 3 N–H and O–H groups in total. The Labute approximate surface area is 130 Å². The van der Waals surface area contributed by atoms with Crippen LogP contribution in [0.4, 0.5) is 11.6 Å². The van der Waals surface area contributed by atoms with Crippen molar-refractivity contribution in [2.75, 3.05) is 11.4 Å². The molecule has 0 bridgehead atoms. The Hall–Kier alpha value is -1.90. The summed E-state index contributed by atoms with van der Waals surface area (Å²) in [6.07, 6.45) is 3.92. The summed E-state index contributed by atoms with van der Waals surface area (Å²) in [7, 11) is 0. The molecule has 0 aliphatic heterocycles. The molecule has 0 radical (unpaired) electrons. The zero-order chi connectivity index (χ0) is 14.4. The van der Waals surface area contributed by atoms with Gasteiger partial charge in [-0.05, 0) is 34.7 Å². The van der Waals surface area contributed by atoms with E-state index in [-0.39, 0.29) is 5.84 Å². The maximum absolute atomic E-state index is 8.64. The van der Waals surface area contributed by atoms with Gasteiger partial charge in [0.05, 0.1) is 0 Å². The predicted octanol–water partition coefficient (Wildman–Crippen LogP) is 2.36. The molecule has 0 saturated heterocycles. The molecule has 20 heavy (non-hydrogen) atoms. The van der Waals surface area contributed by atoms with E-state index in [1.54, 1.807) is 12.4 Å². The molecule has 0 unspecified atom stereocenters. The van der Waals surface area contributed by atoms with Crippen LogP contribution in [0.1, 0.15) is 6.42 Å². The van der Waals surface area contributed by atoms with Crippen LogP contribution in [0, 0.1) is 3.57 Å². The second-order valence-corrected chi connectivity index (χ2v) is 5.28. The van der Waals surface area contributed by atoms with Crippen LogP contribution in [0.2, 0.25) is 0 Å². The fraction of sp³-hybridized carbons (Fsp3) is 0.154. The van der Waals surface area contributed by atoms with Gasteiger partial charge >= 0.3 is 0 Å². The molecular formula is C13H14IN5O. The third-order valence-electron chi connectivity index (χ3n) is 2.64. The number of aromatic nitrogens is 2. The number of rotatable bonds is 5. The average molecular weight is 383 g/mol. The molecular weight excluding hydrogens is 369 g/mol. The second kappa shape index (κ2) is 7.04. The highest BCUT2D eigenvalue weighted by atomic mass is 127. The van der Waals surface area contributed by atoms with Crippen molar-refractivity contribution >= 4 is 40.1 Å². The van der Waals surface area contributed by atoms with E-state index in [9.17, 15) is 0 Å². The molecule has 0 fully saturated rings. The van der Waals surface area contributed by atoms with Gasteiger partial charge in [0.15, 0.2) is 0 Å². The Balaban J connectivity index is 2.26. The lowest BCUT2D eigenvalue weighted by Gasteiger charge is -2.22. The van der Waals surface area contributed by atoms with Crippen LogP contribution in [0.15, 0.2) is 47.9 Å². The number of para-hydroxylation sites is 1. The van der Waals surface area contributed by atoms with Gasteiger partial charge in [-0.25, -0.2) is 9.97 Å². The van der Waals surface area contributed by atoms with Crippen molar-refractivity contribution in [1.29, 1.82) is 0 Å². The van der Waals surface area contributed by atoms with Crippen molar-refractivity contribution in [3.63, 3.8) is 0 Å². The van der Waals surface area contributed by atoms with Gasteiger partial charge in [-0.2, -0.15) is 0 Å². The minimum atomic E-state index is 0.177. The minimum absolute atomic E-state index is 0.177. The van der Waals surface area contributed by atoms with E-state index in [0.717, 1.165) is 9.26 Å². The Morgan fingerprint density at radius 3 is 2.50 bits per heavy atom. The quantitative estimate of drug-likeness (QED) is 0.272. The average Bonchev–Trinajstić information content (AvgIpc) is 2.50. The van der Waals surface area contributed by atoms with Crippen molar-refractivity contribution < 1.29 is 5.21 Å². The zero-order valence-corrected chi connectivity index (χ0v) is 12.8. The number of amidine groups is 1. The Bertz CT molecular complexity index is 573. The molecule has 2 rings (SSSR count). The predicted molar refractivity (Wildman–Crippen MR) is 86.2 cm³/mol. The molecule has 0 atom stereocenters. The van der Waals surface area contributed by atoms with Gasteiger partial charge in [-0.15, -0.1) is 0 Å². The monoisotopic (exact) mass is 383 g/mol. The number of nitrogens with two attached hydrogens (primary N) is 1. The first-order chi connectivity index (χ1) is 9.70. The number of anilines is 2. The summed E-state index contributed by atoms with van der Waals surface area (Å²) in [5, 5.41) is 11.6. The lowest BCUT2D eigenvalue weighted by molar-refractivity contribution is 0.317. The standard InChI is InChI=1S/C13H14IN5O/c14-10-8-16-13(17-9-10)19(7-6-12(15)18-20)11-4-2-1-3-5-11/h1-5,8-9,20H,6-7H2,(H2,15,18). The normalized spacial score (nSPS) is 11.3. The number of hydrogen-bond donors (Lipinski definition) is 2. The Kier molecular flexibility index (Phi) is 5.10. The number of hydrogen-bond acceptors (Lipinski definition) is 5. The first kappa shape index (κ1) is 14.5. The highest BCUT2D eigenvalue weighted by Gasteiger charge is 2.12. The van der Waals surface area contributed by atoms with Gasteiger partial charge in [-0.3, -0.25) is 0 Å². The highest BCUT2D eigenvalue weighted by molar-refractivity contribution is 14.1. The van der Waals surface area contributed by atoms with E-state index in [1.165, 1.54) is 0 Å². The summed E-state index contributed by atoms with van der Waals surface area (Å²) < 4.78 is 0.968. The van der Waals surface area contributed by atoms with Crippen LogP contribution in [-0.2, 0) is 0 Å². The van der Waals surface area contributed by atoms with E-state index in [2.05, 4.69) is 37.7 Å². The van der Waals surface area contributed by atoms with Gasteiger partial charge in [0.2, 0.25) is 5.95 Å². The van der Waals surface area contributed by atoms with Crippen LogP contribution in [0.3, 0.4) is 0 Å². The number of halogens is 1. The van der Waals surface area contributed by atoms with Gasteiger partial charge in [0.25, 0.3) is 0 Å². The molecule has 0 spiro atoms. The SMILES string of the molecule is N/C(CCN(c1ccccc1)c1ncc(I)cn1)=N/O.